The molecule has 0 spiro atoms. The molecule has 1 amide bonds. The Morgan fingerprint density at radius 3 is 3.05 bits per heavy atom. The number of fused-ring (bicyclic) bond motifs is 1. The summed E-state index contributed by atoms with van der Waals surface area (Å²) in [4.78, 5) is 18.3. The molecular weight excluding hydrogens is 292 g/mol. The van der Waals surface area contributed by atoms with E-state index in [9.17, 15) is 4.79 Å². The monoisotopic (exact) mass is 306 g/mol. The van der Waals surface area contributed by atoms with Gasteiger partial charge in [-0.1, -0.05) is 11.6 Å². The van der Waals surface area contributed by atoms with Crippen molar-refractivity contribution >= 4 is 23.2 Å². The number of halogens is 1. The maximum atomic E-state index is 12.8. The molecule has 7 heteroatoms. The Labute approximate surface area is 127 Å². The Bertz CT molecular complexity index is 659. The van der Waals surface area contributed by atoms with E-state index in [0.717, 1.165) is 0 Å². The zero-order valence-electron chi connectivity index (χ0n) is 11.7. The second-order valence-electron chi connectivity index (χ2n) is 5.04. The van der Waals surface area contributed by atoms with Crippen LogP contribution in [0.1, 0.15) is 19.9 Å². The number of rotatable bonds is 2. The highest BCUT2D eigenvalue weighted by Crippen LogP contribution is 2.36. The summed E-state index contributed by atoms with van der Waals surface area (Å²) in [6, 6.07) is 4.84. The van der Waals surface area contributed by atoms with Gasteiger partial charge in [0.15, 0.2) is 0 Å². The van der Waals surface area contributed by atoms with Crippen LogP contribution in [0, 0.1) is 0 Å². The molecule has 1 aliphatic rings. The second-order valence-corrected chi connectivity index (χ2v) is 5.48. The van der Waals surface area contributed by atoms with Gasteiger partial charge in [-0.15, -0.1) is 0 Å². The van der Waals surface area contributed by atoms with Crippen LogP contribution in [0.4, 0.5) is 5.69 Å². The Balaban J connectivity index is 1.95. The number of ether oxygens (including phenoxy) is 1. The molecule has 0 aliphatic carbocycles. The number of nitrogens with zero attached hydrogens (tertiary/aromatic N) is 4. The van der Waals surface area contributed by atoms with Gasteiger partial charge in [0.2, 0.25) is 0 Å². The van der Waals surface area contributed by atoms with Crippen molar-refractivity contribution in [2.24, 2.45) is 0 Å². The van der Waals surface area contributed by atoms with Crippen molar-refractivity contribution < 1.29 is 9.53 Å². The van der Waals surface area contributed by atoms with Gasteiger partial charge < -0.3 is 9.64 Å². The molecule has 0 fully saturated rings. The van der Waals surface area contributed by atoms with Crippen LogP contribution in [0.15, 0.2) is 30.9 Å². The Morgan fingerprint density at radius 1 is 1.52 bits per heavy atom. The van der Waals surface area contributed by atoms with E-state index < -0.39 is 6.04 Å². The number of benzene rings is 1. The van der Waals surface area contributed by atoms with Crippen LogP contribution in [0.5, 0.6) is 5.75 Å². The first-order valence-electron chi connectivity index (χ1n) is 6.68. The molecule has 0 unspecified atom stereocenters. The Hall–Kier alpha value is -2.08. The molecule has 1 aromatic carbocycles. The molecule has 1 aromatic heterocycles. The summed E-state index contributed by atoms with van der Waals surface area (Å²) in [6.07, 6.45) is 2.87. The van der Waals surface area contributed by atoms with Crippen LogP contribution in [0.25, 0.3) is 0 Å². The first-order chi connectivity index (χ1) is 10.1. The van der Waals surface area contributed by atoms with E-state index >= 15 is 0 Å². The molecule has 1 aliphatic heterocycles. The number of anilines is 1. The summed E-state index contributed by atoms with van der Waals surface area (Å²) in [6.45, 7) is 4.20. The van der Waals surface area contributed by atoms with Crippen molar-refractivity contribution in [3.8, 4) is 5.75 Å². The maximum Gasteiger partial charge on any atom is 0.251 e. The van der Waals surface area contributed by atoms with Crippen LogP contribution in [-0.4, -0.2) is 33.3 Å². The number of carbonyl (C=O) groups excluding carboxylic acids is 1. The van der Waals surface area contributed by atoms with Gasteiger partial charge in [0.1, 0.15) is 30.5 Å². The van der Waals surface area contributed by atoms with E-state index in [0.29, 0.717) is 23.0 Å². The van der Waals surface area contributed by atoms with E-state index in [1.807, 2.05) is 6.92 Å². The van der Waals surface area contributed by atoms with E-state index in [1.165, 1.54) is 17.3 Å². The normalized spacial score (nSPS) is 18.8. The summed E-state index contributed by atoms with van der Waals surface area (Å²) in [7, 11) is 0. The molecule has 0 radical (unpaired) electrons. The van der Waals surface area contributed by atoms with Crippen LogP contribution in [0.2, 0.25) is 5.02 Å². The number of hydrogen-bond donors (Lipinski definition) is 0. The van der Waals surface area contributed by atoms with Crippen molar-refractivity contribution in [3.05, 3.63) is 35.9 Å². The molecule has 2 heterocycles. The molecule has 110 valence electrons. The highest BCUT2D eigenvalue weighted by molar-refractivity contribution is 6.31. The van der Waals surface area contributed by atoms with Crippen molar-refractivity contribution in [2.45, 2.75) is 26.0 Å². The lowest BCUT2D eigenvalue weighted by atomic mass is 10.1. The van der Waals surface area contributed by atoms with Gasteiger partial charge in [-0.2, -0.15) is 5.10 Å². The van der Waals surface area contributed by atoms with Crippen LogP contribution in [-0.2, 0) is 4.79 Å². The summed E-state index contributed by atoms with van der Waals surface area (Å²) < 4.78 is 7.28. The summed E-state index contributed by atoms with van der Waals surface area (Å²) in [5, 5.41) is 4.59. The van der Waals surface area contributed by atoms with E-state index in [1.54, 1.807) is 30.0 Å². The maximum absolute atomic E-state index is 12.8. The van der Waals surface area contributed by atoms with Crippen molar-refractivity contribution in [1.82, 2.24) is 14.8 Å². The topological polar surface area (TPSA) is 60.2 Å². The Kier molecular flexibility index (Phi) is 3.55. The molecule has 0 saturated carbocycles. The molecule has 3 rings (SSSR count). The van der Waals surface area contributed by atoms with Gasteiger partial charge in [0, 0.05) is 5.02 Å². The lowest BCUT2D eigenvalue weighted by Gasteiger charge is -2.34. The third-order valence-corrected chi connectivity index (χ3v) is 3.67. The van der Waals surface area contributed by atoms with Crippen LogP contribution in [0.3, 0.4) is 0 Å². The zero-order valence-corrected chi connectivity index (χ0v) is 12.5. The number of hydrogen-bond acceptors (Lipinski definition) is 4. The van der Waals surface area contributed by atoms with Crippen LogP contribution >= 0.6 is 11.6 Å². The average molecular weight is 307 g/mol. The molecule has 0 bridgehead atoms. The summed E-state index contributed by atoms with van der Waals surface area (Å²) in [5.74, 6) is 0.594. The zero-order chi connectivity index (χ0) is 15.0. The molecule has 6 nitrogen and oxygen atoms in total. The van der Waals surface area contributed by atoms with Gasteiger partial charge >= 0.3 is 0 Å². The number of carbonyl (C=O) groups is 1. The highest BCUT2D eigenvalue weighted by atomic mass is 35.5. The van der Waals surface area contributed by atoms with Gasteiger partial charge in [0.05, 0.1) is 12.2 Å². The predicted molar refractivity (Wildman–Crippen MR) is 78.6 cm³/mol. The fourth-order valence-corrected chi connectivity index (χ4v) is 2.54. The highest BCUT2D eigenvalue weighted by Gasteiger charge is 2.31. The standard InChI is InChI=1S/C14H15ClN4O2/c1-9-6-18(12-5-11(15)3-4-13(12)21-9)14(20)10(2)19-8-16-7-17-19/h3-5,7-10H,6H2,1-2H3/t9-,10-/m0/s1. The van der Waals surface area contributed by atoms with Gasteiger partial charge in [-0.3, -0.25) is 4.79 Å². The minimum absolute atomic E-state index is 0.0702. The van der Waals surface area contributed by atoms with Crippen molar-refractivity contribution in [3.63, 3.8) is 0 Å². The SMILES string of the molecule is C[C@H]1CN(C(=O)[C@H](C)n2cncn2)c2cc(Cl)ccc2O1. The smallest absolute Gasteiger partial charge is 0.251 e. The fourth-order valence-electron chi connectivity index (χ4n) is 2.38. The van der Waals surface area contributed by atoms with Crippen molar-refractivity contribution in [2.75, 3.05) is 11.4 Å². The molecule has 0 N–H and O–H groups in total. The molecule has 2 aromatic rings. The summed E-state index contributed by atoms with van der Waals surface area (Å²) >= 11 is 6.04. The van der Waals surface area contributed by atoms with Gasteiger partial charge in [-0.05, 0) is 32.0 Å². The van der Waals surface area contributed by atoms with Gasteiger partial charge in [0.25, 0.3) is 5.91 Å². The number of aromatic nitrogens is 3. The quantitative estimate of drug-likeness (QED) is 0.854. The lowest BCUT2D eigenvalue weighted by molar-refractivity contribution is -0.122. The minimum Gasteiger partial charge on any atom is -0.487 e. The fraction of sp³-hybridized carbons (Fsp3) is 0.357. The van der Waals surface area contributed by atoms with Gasteiger partial charge in [-0.25, -0.2) is 9.67 Å². The molecule has 21 heavy (non-hydrogen) atoms. The van der Waals surface area contributed by atoms with E-state index in [2.05, 4.69) is 10.1 Å². The first-order valence-corrected chi connectivity index (χ1v) is 7.05. The van der Waals surface area contributed by atoms with Crippen molar-refractivity contribution in [1.29, 1.82) is 0 Å². The average Bonchev–Trinajstić information content (AvgIpc) is 2.99. The molecule has 0 saturated heterocycles. The lowest BCUT2D eigenvalue weighted by Crippen LogP contribution is -2.45. The molecule has 2 atom stereocenters. The number of amides is 1. The molecular formula is C14H15ClN4O2. The van der Waals surface area contributed by atoms with E-state index in [-0.39, 0.29) is 12.0 Å². The first kappa shape index (κ1) is 13.9. The third-order valence-electron chi connectivity index (χ3n) is 3.44. The second kappa shape index (κ2) is 5.37. The van der Waals surface area contributed by atoms with Crippen LogP contribution < -0.4 is 9.64 Å². The largest absolute Gasteiger partial charge is 0.487 e. The predicted octanol–water partition coefficient (Wildman–Crippen LogP) is 2.31. The third kappa shape index (κ3) is 2.58. The minimum atomic E-state index is -0.440. The Morgan fingerprint density at radius 2 is 2.33 bits per heavy atom. The summed E-state index contributed by atoms with van der Waals surface area (Å²) in [5.41, 5.74) is 0.692. The van der Waals surface area contributed by atoms with E-state index in [4.69, 9.17) is 16.3 Å².